The second-order valence-electron chi connectivity index (χ2n) is 5.83. The number of amides is 1. The van der Waals surface area contributed by atoms with Gasteiger partial charge in [0.05, 0.1) is 0 Å². The first-order valence-corrected chi connectivity index (χ1v) is 7.81. The third-order valence-corrected chi connectivity index (χ3v) is 4.34. The predicted octanol–water partition coefficient (Wildman–Crippen LogP) is 1.61. The van der Waals surface area contributed by atoms with E-state index in [0.717, 1.165) is 52.0 Å². The number of carbonyl (C=O) groups excluding carboxylic acids is 1. The van der Waals surface area contributed by atoms with Crippen LogP contribution in [0.5, 0.6) is 0 Å². The lowest BCUT2D eigenvalue weighted by Gasteiger charge is -2.26. The smallest absolute Gasteiger partial charge is 0.251 e. The summed E-state index contributed by atoms with van der Waals surface area (Å²) in [5.41, 5.74) is 2.42. The zero-order valence-corrected chi connectivity index (χ0v) is 12.6. The molecule has 1 aromatic rings. The summed E-state index contributed by atoms with van der Waals surface area (Å²) in [7, 11) is 0. The molecule has 0 radical (unpaired) electrons. The minimum absolute atomic E-state index is 0.181. The van der Waals surface area contributed by atoms with Crippen molar-refractivity contribution in [3.05, 3.63) is 24.0 Å². The van der Waals surface area contributed by atoms with Crippen molar-refractivity contribution >= 4 is 11.6 Å². The van der Waals surface area contributed by atoms with Crippen molar-refractivity contribution in [2.24, 2.45) is 0 Å². The molecule has 0 saturated carbocycles. The highest BCUT2D eigenvalue weighted by atomic mass is 16.5. The van der Waals surface area contributed by atoms with Crippen LogP contribution in [0.25, 0.3) is 0 Å². The van der Waals surface area contributed by atoms with E-state index in [2.05, 4.69) is 22.9 Å². The van der Waals surface area contributed by atoms with Gasteiger partial charge in [0.1, 0.15) is 6.10 Å². The lowest BCUT2D eigenvalue weighted by atomic mass is 10.2. The van der Waals surface area contributed by atoms with Crippen molar-refractivity contribution in [3.63, 3.8) is 0 Å². The molecule has 0 spiro atoms. The molecule has 2 saturated heterocycles. The largest absolute Gasteiger partial charge is 0.369 e. The van der Waals surface area contributed by atoms with Gasteiger partial charge in [-0.05, 0) is 37.8 Å². The average molecular weight is 289 g/mol. The van der Waals surface area contributed by atoms with Gasteiger partial charge in [0.15, 0.2) is 0 Å². The van der Waals surface area contributed by atoms with Gasteiger partial charge < -0.3 is 14.5 Å². The maximum absolute atomic E-state index is 12.4. The highest BCUT2D eigenvalue weighted by Gasteiger charge is 2.29. The minimum Gasteiger partial charge on any atom is -0.369 e. The Morgan fingerprint density at radius 3 is 2.95 bits per heavy atom. The molecule has 21 heavy (non-hydrogen) atoms. The molecule has 5 heteroatoms. The Hall–Kier alpha value is -1.62. The number of anilines is 1. The Bertz CT molecular complexity index is 500. The SMILES string of the molecule is Cc1cnccc1N1CCCN(C(=O)[C@H]2CCCO2)CC1. The van der Waals surface area contributed by atoms with Crippen molar-refractivity contribution in [2.75, 3.05) is 37.7 Å². The Morgan fingerprint density at radius 2 is 2.19 bits per heavy atom. The average Bonchev–Trinajstić information content (AvgIpc) is 2.92. The number of nitrogens with zero attached hydrogens (tertiary/aromatic N) is 3. The Labute approximate surface area is 125 Å². The number of rotatable bonds is 2. The molecule has 2 aliphatic rings. The lowest BCUT2D eigenvalue weighted by molar-refractivity contribution is -0.140. The number of hydrogen-bond acceptors (Lipinski definition) is 4. The van der Waals surface area contributed by atoms with Gasteiger partial charge in [0.25, 0.3) is 5.91 Å². The number of aromatic nitrogens is 1. The zero-order chi connectivity index (χ0) is 14.7. The molecule has 114 valence electrons. The van der Waals surface area contributed by atoms with Gasteiger partial charge in [-0.1, -0.05) is 0 Å². The molecule has 0 unspecified atom stereocenters. The summed E-state index contributed by atoms with van der Waals surface area (Å²) in [6, 6.07) is 2.06. The second-order valence-corrected chi connectivity index (χ2v) is 5.83. The van der Waals surface area contributed by atoms with Crippen molar-refractivity contribution in [1.82, 2.24) is 9.88 Å². The molecule has 3 heterocycles. The molecule has 0 bridgehead atoms. The van der Waals surface area contributed by atoms with Crippen LogP contribution in [0.2, 0.25) is 0 Å². The number of aryl methyl sites for hydroxylation is 1. The van der Waals surface area contributed by atoms with E-state index < -0.39 is 0 Å². The van der Waals surface area contributed by atoms with Gasteiger partial charge in [0, 0.05) is 50.9 Å². The van der Waals surface area contributed by atoms with Gasteiger partial charge in [0.2, 0.25) is 0 Å². The van der Waals surface area contributed by atoms with Gasteiger partial charge in [-0.15, -0.1) is 0 Å². The van der Waals surface area contributed by atoms with Crippen LogP contribution in [0.4, 0.5) is 5.69 Å². The summed E-state index contributed by atoms with van der Waals surface area (Å²) in [6.45, 7) is 6.29. The van der Waals surface area contributed by atoms with Crippen LogP contribution in [-0.2, 0) is 9.53 Å². The van der Waals surface area contributed by atoms with Crippen LogP contribution in [-0.4, -0.2) is 54.7 Å². The number of pyridine rings is 1. The van der Waals surface area contributed by atoms with Crippen LogP contribution >= 0.6 is 0 Å². The third kappa shape index (κ3) is 3.18. The molecule has 0 aliphatic carbocycles. The summed E-state index contributed by atoms with van der Waals surface area (Å²) in [4.78, 5) is 20.9. The normalized spacial score (nSPS) is 23.2. The van der Waals surface area contributed by atoms with Crippen molar-refractivity contribution in [1.29, 1.82) is 0 Å². The highest BCUT2D eigenvalue weighted by molar-refractivity contribution is 5.81. The molecule has 3 rings (SSSR count). The Balaban J connectivity index is 1.64. The fraction of sp³-hybridized carbons (Fsp3) is 0.625. The first kappa shape index (κ1) is 14.3. The van der Waals surface area contributed by atoms with E-state index in [-0.39, 0.29) is 12.0 Å². The van der Waals surface area contributed by atoms with E-state index in [0.29, 0.717) is 0 Å². The van der Waals surface area contributed by atoms with Crippen LogP contribution < -0.4 is 4.90 Å². The molecule has 0 aromatic carbocycles. The van der Waals surface area contributed by atoms with Crippen LogP contribution in [0.1, 0.15) is 24.8 Å². The fourth-order valence-corrected chi connectivity index (χ4v) is 3.18. The zero-order valence-electron chi connectivity index (χ0n) is 12.6. The summed E-state index contributed by atoms with van der Waals surface area (Å²) >= 11 is 0. The Kier molecular flexibility index (Phi) is 4.39. The Morgan fingerprint density at radius 1 is 1.29 bits per heavy atom. The van der Waals surface area contributed by atoms with Crippen LogP contribution in [0.3, 0.4) is 0 Å². The molecule has 1 amide bonds. The quantitative estimate of drug-likeness (QED) is 0.830. The van der Waals surface area contributed by atoms with Gasteiger partial charge in [-0.25, -0.2) is 0 Å². The molecule has 0 N–H and O–H groups in total. The van der Waals surface area contributed by atoms with E-state index in [1.54, 1.807) is 0 Å². The van der Waals surface area contributed by atoms with E-state index in [1.165, 1.54) is 11.3 Å². The third-order valence-electron chi connectivity index (χ3n) is 4.34. The summed E-state index contributed by atoms with van der Waals surface area (Å²) in [6.07, 6.45) is 6.42. The van der Waals surface area contributed by atoms with Gasteiger partial charge in [-0.3, -0.25) is 9.78 Å². The van der Waals surface area contributed by atoms with Crippen molar-refractivity contribution < 1.29 is 9.53 Å². The molecular weight excluding hydrogens is 266 g/mol. The summed E-state index contributed by atoms with van der Waals surface area (Å²) in [5, 5.41) is 0. The molecule has 2 aliphatic heterocycles. The van der Waals surface area contributed by atoms with Crippen LogP contribution in [0, 0.1) is 6.92 Å². The second kappa shape index (κ2) is 6.43. The first-order chi connectivity index (χ1) is 10.3. The van der Waals surface area contributed by atoms with E-state index in [1.807, 2.05) is 17.3 Å². The number of carbonyl (C=O) groups is 1. The molecule has 1 aromatic heterocycles. The van der Waals surface area contributed by atoms with Crippen molar-refractivity contribution in [2.45, 2.75) is 32.3 Å². The lowest BCUT2D eigenvalue weighted by Crippen LogP contribution is -2.41. The maximum atomic E-state index is 12.4. The van der Waals surface area contributed by atoms with Crippen LogP contribution in [0.15, 0.2) is 18.5 Å². The highest BCUT2D eigenvalue weighted by Crippen LogP contribution is 2.21. The number of hydrogen-bond donors (Lipinski definition) is 0. The van der Waals surface area contributed by atoms with Gasteiger partial charge >= 0.3 is 0 Å². The predicted molar refractivity (Wildman–Crippen MR) is 81.4 cm³/mol. The number of ether oxygens (including phenoxy) is 1. The molecule has 5 nitrogen and oxygen atoms in total. The van der Waals surface area contributed by atoms with Gasteiger partial charge in [-0.2, -0.15) is 0 Å². The topological polar surface area (TPSA) is 45.7 Å². The molecule has 2 fully saturated rings. The minimum atomic E-state index is -0.195. The standard InChI is InChI=1S/C16H23N3O2/c1-13-12-17-6-5-14(13)18-7-3-8-19(10-9-18)16(20)15-4-2-11-21-15/h5-6,12,15H,2-4,7-11H2,1H3/t15-/m1/s1. The van der Waals surface area contributed by atoms with Crippen molar-refractivity contribution in [3.8, 4) is 0 Å². The molecular formula is C16H23N3O2. The first-order valence-electron chi connectivity index (χ1n) is 7.81. The fourth-order valence-electron chi connectivity index (χ4n) is 3.18. The maximum Gasteiger partial charge on any atom is 0.251 e. The monoisotopic (exact) mass is 289 g/mol. The van der Waals surface area contributed by atoms with E-state index in [4.69, 9.17) is 4.74 Å². The van der Waals surface area contributed by atoms with E-state index >= 15 is 0 Å². The summed E-state index contributed by atoms with van der Waals surface area (Å²) < 4.78 is 5.53. The molecule has 1 atom stereocenters. The summed E-state index contributed by atoms with van der Waals surface area (Å²) in [5.74, 6) is 0.181. The van der Waals surface area contributed by atoms with E-state index in [9.17, 15) is 4.79 Å².